The molecule has 1 aliphatic rings. The fourth-order valence-corrected chi connectivity index (χ4v) is 2.77. The highest BCUT2D eigenvalue weighted by Gasteiger charge is 2.38. The van der Waals surface area contributed by atoms with E-state index in [1.54, 1.807) is 22.7 Å². The van der Waals surface area contributed by atoms with E-state index in [0.29, 0.717) is 0 Å². The van der Waals surface area contributed by atoms with E-state index >= 15 is 0 Å². The van der Waals surface area contributed by atoms with Gasteiger partial charge in [-0.1, -0.05) is 12.1 Å². The highest BCUT2D eigenvalue weighted by Crippen LogP contribution is 2.36. The zero-order valence-corrected chi connectivity index (χ0v) is 9.96. The second kappa shape index (κ2) is 3.81. The van der Waals surface area contributed by atoms with E-state index < -0.39 is 0 Å². The highest BCUT2D eigenvalue weighted by atomic mass is 32.1. The second-order valence-electron chi connectivity index (χ2n) is 3.40. The monoisotopic (exact) mass is 244 g/mol. The molecular formula is C12H8N2S2. The number of hydrogen-bond acceptors (Lipinski definition) is 2. The molecule has 2 aromatic heterocycles. The third-order valence-corrected chi connectivity index (χ3v) is 3.95. The van der Waals surface area contributed by atoms with Gasteiger partial charge in [0.05, 0.1) is 0 Å². The van der Waals surface area contributed by atoms with E-state index in [1.807, 2.05) is 47.2 Å². The smallest absolute Gasteiger partial charge is 0.273 e. The van der Waals surface area contributed by atoms with E-state index in [4.69, 9.17) is 0 Å². The van der Waals surface area contributed by atoms with Gasteiger partial charge in [0.25, 0.3) is 11.4 Å². The molecule has 78 valence electrons. The van der Waals surface area contributed by atoms with Gasteiger partial charge in [-0.15, -0.1) is 22.7 Å². The molecule has 2 aromatic rings. The number of thiophene rings is 2. The molecule has 16 heavy (non-hydrogen) atoms. The fraction of sp³-hybridized carbons (Fsp3) is 0. The van der Waals surface area contributed by atoms with Gasteiger partial charge in [0.15, 0.2) is 0 Å². The normalized spacial score (nSPS) is 19.6. The van der Waals surface area contributed by atoms with Crippen LogP contribution in [0.1, 0.15) is 9.75 Å². The average molecular weight is 244 g/mol. The molecular weight excluding hydrogens is 236 g/mol. The minimum absolute atomic E-state index is 0.885. The second-order valence-corrected chi connectivity index (χ2v) is 5.36. The molecule has 0 radical (unpaired) electrons. The zero-order valence-electron chi connectivity index (χ0n) is 8.33. The van der Waals surface area contributed by atoms with Crippen molar-refractivity contribution in [2.75, 3.05) is 0 Å². The van der Waals surface area contributed by atoms with Crippen molar-refractivity contribution in [3.8, 4) is 0 Å². The van der Waals surface area contributed by atoms with Crippen molar-refractivity contribution in [2.24, 2.45) is 0 Å². The summed E-state index contributed by atoms with van der Waals surface area (Å²) < 4.78 is 1.22. The summed E-state index contributed by atoms with van der Waals surface area (Å²) in [4.78, 5) is 2.31. The molecule has 0 N–H and O–H groups in total. The number of nitrogens with zero attached hydrogens (tertiary/aromatic N) is 2. The van der Waals surface area contributed by atoms with Crippen LogP contribution in [-0.4, -0.2) is 4.70 Å². The molecule has 0 atom stereocenters. The Bertz CT molecular complexity index is 522. The standard InChI is InChI=1S/C12H8N2S2/c13-14-11(7-9-3-1-5-15-9)12(14)8-10-4-2-6-16-10/h1-8H/b11-7-,12-8-. The summed E-state index contributed by atoms with van der Waals surface area (Å²) in [6.07, 6.45) is 3.98. The van der Waals surface area contributed by atoms with Crippen LogP contribution in [0.2, 0.25) is 0 Å². The minimum atomic E-state index is 0.885. The summed E-state index contributed by atoms with van der Waals surface area (Å²) in [7, 11) is 0. The van der Waals surface area contributed by atoms with Crippen LogP contribution in [0.3, 0.4) is 0 Å². The van der Waals surface area contributed by atoms with Crippen LogP contribution in [0.5, 0.6) is 0 Å². The van der Waals surface area contributed by atoms with Gasteiger partial charge in [-0.3, -0.25) is 0 Å². The first-order chi connectivity index (χ1) is 7.84. The van der Waals surface area contributed by atoms with Crippen LogP contribution in [0, 0.1) is 0 Å². The van der Waals surface area contributed by atoms with Gasteiger partial charge >= 0.3 is 0 Å². The average Bonchev–Trinajstić information content (AvgIpc) is 2.76. The topological polar surface area (TPSA) is 25.3 Å². The lowest BCUT2D eigenvalue weighted by molar-refractivity contribution is -0.302. The molecule has 1 fully saturated rings. The first kappa shape index (κ1) is 9.69. The third-order valence-electron chi connectivity index (χ3n) is 2.31. The maximum atomic E-state index is 9.59. The van der Waals surface area contributed by atoms with Crippen molar-refractivity contribution in [1.29, 1.82) is 0 Å². The lowest BCUT2D eigenvalue weighted by Crippen LogP contribution is -1.58. The Kier molecular flexibility index (Phi) is 2.31. The van der Waals surface area contributed by atoms with Gasteiger partial charge in [-0.25, -0.2) is 4.70 Å². The quantitative estimate of drug-likeness (QED) is 0.558. The Balaban J connectivity index is 1.89. The molecule has 0 spiro atoms. The predicted octanol–water partition coefficient (Wildman–Crippen LogP) is 4.24. The Morgan fingerprint density at radius 2 is 1.44 bits per heavy atom. The molecule has 1 aliphatic heterocycles. The predicted molar refractivity (Wildman–Crippen MR) is 68.2 cm³/mol. The van der Waals surface area contributed by atoms with Crippen molar-refractivity contribution in [3.63, 3.8) is 0 Å². The first-order valence-corrected chi connectivity index (χ1v) is 6.60. The SMILES string of the molecule is [N-]=[N+]1C(=C\c2cccs2)/C1=C/c1cccs1. The number of hydrogen-bond donors (Lipinski definition) is 0. The summed E-state index contributed by atoms with van der Waals surface area (Å²) >= 11 is 3.33. The fourth-order valence-electron chi connectivity index (χ4n) is 1.47. The molecule has 0 bridgehead atoms. The van der Waals surface area contributed by atoms with Crippen molar-refractivity contribution >= 4 is 34.8 Å². The van der Waals surface area contributed by atoms with Gasteiger partial charge in [0.2, 0.25) is 0 Å². The minimum Gasteiger partial charge on any atom is -0.493 e. The van der Waals surface area contributed by atoms with Crippen LogP contribution in [0.15, 0.2) is 46.4 Å². The maximum Gasteiger partial charge on any atom is 0.273 e. The van der Waals surface area contributed by atoms with Gasteiger partial charge < -0.3 is 5.53 Å². The molecule has 1 saturated heterocycles. The van der Waals surface area contributed by atoms with Crippen LogP contribution in [0.25, 0.3) is 17.7 Å². The van der Waals surface area contributed by atoms with Gasteiger partial charge in [0, 0.05) is 21.9 Å². The van der Waals surface area contributed by atoms with E-state index in [9.17, 15) is 5.53 Å². The van der Waals surface area contributed by atoms with Crippen LogP contribution >= 0.6 is 22.7 Å². The van der Waals surface area contributed by atoms with Crippen LogP contribution in [-0.2, 0) is 0 Å². The van der Waals surface area contributed by atoms with E-state index in [0.717, 1.165) is 21.1 Å². The highest BCUT2D eigenvalue weighted by molar-refractivity contribution is 7.11. The van der Waals surface area contributed by atoms with Gasteiger partial charge in [-0.05, 0) is 22.9 Å². The molecule has 0 saturated carbocycles. The van der Waals surface area contributed by atoms with Crippen molar-refractivity contribution in [2.45, 2.75) is 0 Å². The lowest BCUT2D eigenvalue weighted by Gasteiger charge is -1.73. The Morgan fingerprint density at radius 1 is 0.938 bits per heavy atom. The van der Waals surface area contributed by atoms with Crippen LogP contribution < -0.4 is 0 Å². The van der Waals surface area contributed by atoms with Crippen LogP contribution in [0.4, 0.5) is 0 Å². The summed E-state index contributed by atoms with van der Waals surface area (Å²) in [5, 5.41) is 4.05. The van der Waals surface area contributed by atoms with E-state index in [-0.39, 0.29) is 0 Å². The lowest BCUT2D eigenvalue weighted by atomic mass is 10.3. The molecule has 3 heterocycles. The summed E-state index contributed by atoms with van der Waals surface area (Å²) in [6.45, 7) is 0. The molecule has 2 nitrogen and oxygen atoms in total. The molecule has 0 aromatic carbocycles. The molecule has 0 amide bonds. The van der Waals surface area contributed by atoms with Crippen molar-refractivity contribution in [3.05, 3.63) is 61.7 Å². The Hall–Kier alpha value is -1.52. The molecule has 0 unspecified atom stereocenters. The molecule has 3 rings (SSSR count). The molecule has 4 heteroatoms. The molecule has 0 aliphatic carbocycles. The largest absolute Gasteiger partial charge is 0.493 e. The Labute approximate surface area is 101 Å². The number of rotatable bonds is 2. The van der Waals surface area contributed by atoms with Gasteiger partial charge in [0.1, 0.15) is 0 Å². The Morgan fingerprint density at radius 3 is 1.81 bits per heavy atom. The van der Waals surface area contributed by atoms with E-state index in [1.165, 1.54) is 4.70 Å². The van der Waals surface area contributed by atoms with E-state index in [2.05, 4.69) is 0 Å². The summed E-state index contributed by atoms with van der Waals surface area (Å²) in [5.41, 5.74) is 11.4. The third kappa shape index (κ3) is 1.77. The van der Waals surface area contributed by atoms with Crippen molar-refractivity contribution < 1.29 is 4.70 Å². The zero-order chi connectivity index (χ0) is 11.0. The van der Waals surface area contributed by atoms with Crippen molar-refractivity contribution in [1.82, 2.24) is 0 Å². The summed E-state index contributed by atoms with van der Waals surface area (Å²) in [6, 6.07) is 8.08. The maximum absolute atomic E-state index is 9.59. The van der Waals surface area contributed by atoms with Gasteiger partial charge in [-0.2, -0.15) is 0 Å². The first-order valence-electron chi connectivity index (χ1n) is 4.84. The summed E-state index contributed by atoms with van der Waals surface area (Å²) in [5.74, 6) is 0.